The van der Waals surface area contributed by atoms with Gasteiger partial charge in [-0.15, -0.1) is 0 Å². The predicted molar refractivity (Wildman–Crippen MR) is 72.1 cm³/mol. The van der Waals surface area contributed by atoms with Crippen molar-refractivity contribution >= 4 is 5.69 Å². The SMILES string of the molecule is NCc1ccccc1N(C1CCCC1)C1CC1. The molecule has 0 unspecified atom stereocenters. The summed E-state index contributed by atoms with van der Waals surface area (Å²) in [5.41, 5.74) is 8.60. The average Bonchev–Trinajstić information content (AvgIpc) is 3.05. The molecule has 0 saturated heterocycles. The molecule has 2 N–H and O–H groups in total. The molecular formula is C15H22N2. The van der Waals surface area contributed by atoms with Crippen LogP contribution in [0.5, 0.6) is 0 Å². The second-order valence-corrected chi connectivity index (χ2v) is 5.41. The van der Waals surface area contributed by atoms with Gasteiger partial charge in [0.05, 0.1) is 0 Å². The van der Waals surface area contributed by atoms with Crippen molar-refractivity contribution in [2.45, 2.75) is 57.2 Å². The van der Waals surface area contributed by atoms with Crippen LogP contribution < -0.4 is 10.6 Å². The maximum Gasteiger partial charge on any atom is 0.0416 e. The van der Waals surface area contributed by atoms with Crippen molar-refractivity contribution in [3.8, 4) is 0 Å². The Morgan fingerprint density at radius 3 is 2.29 bits per heavy atom. The van der Waals surface area contributed by atoms with E-state index in [1.165, 1.54) is 49.8 Å². The molecule has 1 aromatic rings. The zero-order valence-corrected chi connectivity index (χ0v) is 10.4. The number of benzene rings is 1. The van der Waals surface area contributed by atoms with E-state index in [2.05, 4.69) is 29.2 Å². The van der Waals surface area contributed by atoms with E-state index in [9.17, 15) is 0 Å². The van der Waals surface area contributed by atoms with Gasteiger partial charge in [-0.25, -0.2) is 0 Å². The smallest absolute Gasteiger partial charge is 0.0416 e. The molecule has 17 heavy (non-hydrogen) atoms. The van der Waals surface area contributed by atoms with Crippen molar-refractivity contribution in [2.24, 2.45) is 5.73 Å². The van der Waals surface area contributed by atoms with Gasteiger partial charge >= 0.3 is 0 Å². The van der Waals surface area contributed by atoms with Crippen molar-refractivity contribution in [3.63, 3.8) is 0 Å². The third kappa shape index (κ3) is 2.19. The van der Waals surface area contributed by atoms with Gasteiger partial charge in [-0.05, 0) is 37.3 Å². The Labute approximate surface area is 104 Å². The summed E-state index contributed by atoms with van der Waals surface area (Å²) in [5, 5.41) is 0. The third-order valence-corrected chi connectivity index (χ3v) is 4.15. The number of rotatable bonds is 4. The second kappa shape index (κ2) is 4.69. The Morgan fingerprint density at radius 2 is 1.65 bits per heavy atom. The molecule has 0 amide bonds. The van der Waals surface area contributed by atoms with E-state index in [1.54, 1.807) is 0 Å². The normalized spacial score (nSPS) is 20.8. The van der Waals surface area contributed by atoms with E-state index in [4.69, 9.17) is 5.73 Å². The molecule has 3 rings (SSSR count). The number of anilines is 1. The standard InChI is InChI=1S/C15H22N2/c16-11-12-5-1-4-8-15(12)17(14-9-10-14)13-6-2-3-7-13/h1,4-5,8,13-14H,2-3,6-7,9-11,16H2. The van der Waals surface area contributed by atoms with Crippen molar-refractivity contribution in [1.29, 1.82) is 0 Å². The lowest BCUT2D eigenvalue weighted by Crippen LogP contribution is -2.36. The minimum absolute atomic E-state index is 0.659. The van der Waals surface area contributed by atoms with Crippen LogP contribution in [-0.4, -0.2) is 12.1 Å². The van der Waals surface area contributed by atoms with Crippen LogP contribution in [0.15, 0.2) is 24.3 Å². The van der Waals surface area contributed by atoms with Crippen LogP contribution in [0.25, 0.3) is 0 Å². The van der Waals surface area contributed by atoms with Crippen molar-refractivity contribution < 1.29 is 0 Å². The molecule has 2 saturated carbocycles. The lowest BCUT2D eigenvalue weighted by Gasteiger charge is -2.33. The maximum atomic E-state index is 5.88. The summed E-state index contributed by atoms with van der Waals surface area (Å²) in [5.74, 6) is 0. The quantitative estimate of drug-likeness (QED) is 0.861. The Balaban J connectivity index is 1.91. The van der Waals surface area contributed by atoms with Crippen LogP contribution in [0.1, 0.15) is 44.1 Å². The van der Waals surface area contributed by atoms with Crippen LogP contribution in [0, 0.1) is 0 Å². The summed E-state index contributed by atoms with van der Waals surface area (Å²) in [6.07, 6.45) is 8.28. The fourth-order valence-corrected chi connectivity index (χ4v) is 3.16. The van der Waals surface area contributed by atoms with Crippen LogP contribution in [0.4, 0.5) is 5.69 Å². The van der Waals surface area contributed by atoms with Crippen molar-refractivity contribution in [2.75, 3.05) is 4.90 Å². The minimum Gasteiger partial charge on any atom is -0.365 e. The maximum absolute atomic E-state index is 5.88. The fourth-order valence-electron chi connectivity index (χ4n) is 3.16. The van der Waals surface area contributed by atoms with Gasteiger partial charge in [0.2, 0.25) is 0 Å². The first kappa shape index (κ1) is 11.1. The molecule has 0 radical (unpaired) electrons. The van der Waals surface area contributed by atoms with Crippen molar-refractivity contribution in [1.82, 2.24) is 0 Å². The molecule has 2 fully saturated rings. The molecule has 0 atom stereocenters. The summed E-state index contributed by atoms with van der Waals surface area (Å²) in [6, 6.07) is 10.3. The topological polar surface area (TPSA) is 29.3 Å². The number of hydrogen-bond donors (Lipinski definition) is 1. The van der Waals surface area contributed by atoms with Crippen LogP contribution in [0.3, 0.4) is 0 Å². The average molecular weight is 230 g/mol. The molecule has 0 heterocycles. The predicted octanol–water partition coefficient (Wildman–Crippen LogP) is 3.06. The lowest BCUT2D eigenvalue weighted by molar-refractivity contribution is 0.600. The molecule has 2 aliphatic rings. The fraction of sp³-hybridized carbons (Fsp3) is 0.600. The van der Waals surface area contributed by atoms with Gasteiger partial charge in [-0.3, -0.25) is 0 Å². The van der Waals surface area contributed by atoms with E-state index >= 15 is 0 Å². The van der Waals surface area contributed by atoms with Gasteiger partial charge in [0, 0.05) is 24.3 Å². The second-order valence-electron chi connectivity index (χ2n) is 5.41. The highest BCUT2D eigenvalue weighted by Crippen LogP contribution is 2.39. The number of nitrogens with two attached hydrogens (primary N) is 1. The van der Waals surface area contributed by atoms with Crippen LogP contribution >= 0.6 is 0 Å². The lowest BCUT2D eigenvalue weighted by atomic mass is 10.1. The number of hydrogen-bond acceptors (Lipinski definition) is 2. The Kier molecular flexibility index (Phi) is 3.06. The summed E-state index contributed by atoms with van der Waals surface area (Å²) >= 11 is 0. The third-order valence-electron chi connectivity index (χ3n) is 4.15. The molecular weight excluding hydrogens is 208 g/mol. The molecule has 1 aromatic carbocycles. The molecule has 0 spiro atoms. The van der Waals surface area contributed by atoms with E-state index in [1.807, 2.05) is 0 Å². The monoisotopic (exact) mass is 230 g/mol. The number of para-hydroxylation sites is 1. The molecule has 92 valence electrons. The van der Waals surface area contributed by atoms with E-state index in [0.717, 1.165) is 12.1 Å². The number of nitrogens with zero attached hydrogens (tertiary/aromatic N) is 1. The first-order valence-corrected chi connectivity index (χ1v) is 6.96. The summed E-state index contributed by atoms with van der Waals surface area (Å²) in [4.78, 5) is 2.69. The van der Waals surface area contributed by atoms with E-state index in [0.29, 0.717) is 6.54 Å². The Bertz CT molecular complexity index is 378. The first-order valence-electron chi connectivity index (χ1n) is 6.96. The zero-order chi connectivity index (χ0) is 11.7. The van der Waals surface area contributed by atoms with Gasteiger partial charge in [-0.2, -0.15) is 0 Å². The Hall–Kier alpha value is -1.02. The van der Waals surface area contributed by atoms with Gasteiger partial charge in [0.25, 0.3) is 0 Å². The highest BCUT2D eigenvalue weighted by Gasteiger charge is 2.35. The highest BCUT2D eigenvalue weighted by molar-refractivity contribution is 5.56. The molecule has 0 aliphatic heterocycles. The molecule has 0 aromatic heterocycles. The first-order chi connectivity index (χ1) is 8.40. The zero-order valence-electron chi connectivity index (χ0n) is 10.4. The van der Waals surface area contributed by atoms with Gasteiger partial charge < -0.3 is 10.6 Å². The van der Waals surface area contributed by atoms with Gasteiger partial charge in [0.1, 0.15) is 0 Å². The molecule has 0 bridgehead atoms. The summed E-state index contributed by atoms with van der Waals surface area (Å²) < 4.78 is 0. The van der Waals surface area contributed by atoms with Crippen molar-refractivity contribution in [3.05, 3.63) is 29.8 Å². The van der Waals surface area contributed by atoms with E-state index in [-0.39, 0.29) is 0 Å². The summed E-state index contributed by atoms with van der Waals surface area (Å²) in [6.45, 7) is 0.659. The molecule has 2 aliphatic carbocycles. The highest BCUT2D eigenvalue weighted by atomic mass is 15.2. The summed E-state index contributed by atoms with van der Waals surface area (Å²) in [7, 11) is 0. The van der Waals surface area contributed by atoms with Crippen LogP contribution in [0.2, 0.25) is 0 Å². The van der Waals surface area contributed by atoms with Crippen LogP contribution in [-0.2, 0) is 6.54 Å². The van der Waals surface area contributed by atoms with Gasteiger partial charge in [-0.1, -0.05) is 31.0 Å². The largest absolute Gasteiger partial charge is 0.365 e. The minimum atomic E-state index is 0.659. The van der Waals surface area contributed by atoms with Gasteiger partial charge in [0.15, 0.2) is 0 Å². The van der Waals surface area contributed by atoms with E-state index < -0.39 is 0 Å². The molecule has 2 nitrogen and oxygen atoms in total. The molecule has 2 heteroatoms. The Morgan fingerprint density at radius 1 is 1.00 bits per heavy atom.